The maximum Gasteiger partial charge on any atom is 0.251 e. The largest absolute Gasteiger partial charge is 0.489 e. The molecule has 3 heterocycles. The van der Waals surface area contributed by atoms with Gasteiger partial charge in [0, 0.05) is 34.8 Å². The van der Waals surface area contributed by atoms with Gasteiger partial charge < -0.3 is 20.3 Å². The molecule has 3 aromatic rings. The molecular weight excluding hydrogens is 494 g/mol. The lowest BCUT2D eigenvalue weighted by atomic mass is 9.80. The SMILES string of the molecule is Cc1cc(COc2ccc(C(=O)NC3(CC(=O)NO)CCN[C@@H](CN4CCCC4)C3)cc2)c2ccccc2n1. The van der Waals surface area contributed by atoms with Gasteiger partial charge in [0.1, 0.15) is 12.4 Å². The van der Waals surface area contributed by atoms with E-state index in [-0.39, 0.29) is 18.4 Å². The number of ether oxygens (including phenoxy) is 1. The van der Waals surface area contributed by atoms with E-state index in [9.17, 15) is 14.8 Å². The number of carbonyl (C=O) groups excluding carboxylic acids is 2. The summed E-state index contributed by atoms with van der Waals surface area (Å²) in [5.41, 5.74) is 4.42. The van der Waals surface area contributed by atoms with E-state index in [1.54, 1.807) is 29.7 Å². The Hall–Kier alpha value is -3.53. The van der Waals surface area contributed by atoms with Gasteiger partial charge in [-0.15, -0.1) is 0 Å². The fourth-order valence-electron chi connectivity index (χ4n) is 5.92. The van der Waals surface area contributed by atoms with Crippen molar-refractivity contribution in [1.29, 1.82) is 0 Å². The number of rotatable bonds is 9. The first-order valence-electron chi connectivity index (χ1n) is 13.7. The molecule has 2 aliphatic heterocycles. The van der Waals surface area contributed by atoms with Crippen LogP contribution in [0.15, 0.2) is 54.6 Å². The number of likely N-dealkylation sites (tertiary alicyclic amines) is 1. The third-order valence-corrected chi connectivity index (χ3v) is 7.79. The first kappa shape index (κ1) is 27.1. The minimum Gasteiger partial charge on any atom is -0.489 e. The summed E-state index contributed by atoms with van der Waals surface area (Å²) in [6.07, 6.45) is 3.65. The van der Waals surface area contributed by atoms with E-state index < -0.39 is 11.4 Å². The van der Waals surface area contributed by atoms with Gasteiger partial charge in [0.15, 0.2) is 0 Å². The Kier molecular flexibility index (Phi) is 8.40. The maximum absolute atomic E-state index is 13.3. The van der Waals surface area contributed by atoms with Gasteiger partial charge in [-0.3, -0.25) is 19.8 Å². The Morgan fingerprint density at radius 1 is 1.15 bits per heavy atom. The molecule has 0 aliphatic carbocycles. The summed E-state index contributed by atoms with van der Waals surface area (Å²) in [6, 6.07) is 17.2. The number of hydroxylamine groups is 1. The van der Waals surface area contributed by atoms with Crippen molar-refractivity contribution in [2.24, 2.45) is 0 Å². The number of para-hydroxylation sites is 1. The van der Waals surface area contributed by atoms with Crippen molar-refractivity contribution < 1.29 is 19.5 Å². The number of nitrogens with one attached hydrogen (secondary N) is 3. The molecule has 206 valence electrons. The Morgan fingerprint density at radius 3 is 2.69 bits per heavy atom. The zero-order valence-electron chi connectivity index (χ0n) is 22.4. The van der Waals surface area contributed by atoms with E-state index in [0.717, 1.165) is 41.8 Å². The predicted octanol–water partition coefficient (Wildman–Crippen LogP) is 3.33. The molecule has 2 fully saturated rings. The molecule has 0 radical (unpaired) electrons. The predicted molar refractivity (Wildman–Crippen MR) is 149 cm³/mol. The number of aromatic nitrogens is 1. The van der Waals surface area contributed by atoms with Crippen LogP contribution < -0.4 is 20.9 Å². The zero-order chi connectivity index (χ0) is 27.2. The molecule has 1 aromatic heterocycles. The van der Waals surface area contributed by atoms with Gasteiger partial charge in [0.25, 0.3) is 5.91 Å². The van der Waals surface area contributed by atoms with Crippen LogP contribution in [0.2, 0.25) is 0 Å². The molecule has 9 heteroatoms. The van der Waals surface area contributed by atoms with Crippen LogP contribution in [0, 0.1) is 6.92 Å². The second-order valence-corrected chi connectivity index (χ2v) is 10.8. The number of pyridine rings is 1. The molecule has 2 saturated heterocycles. The molecule has 2 atom stereocenters. The van der Waals surface area contributed by atoms with E-state index in [4.69, 9.17) is 4.74 Å². The van der Waals surface area contributed by atoms with Crippen LogP contribution in [-0.2, 0) is 11.4 Å². The Balaban J connectivity index is 1.25. The van der Waals surface area contributed by atoms with Crippen molar-refractivity contribution in [1.82, 2.24) is 26.0 Å². The summed E-state index contributed by atoms with van der Waals surface area (Å²) in [5.74, 6) is -0.0865. The minimum absolute atomic E-state index is 0.0217. The number of piperidine rings is 1. The summed E-state index contributed by atoms with van der Waals surface area (Å²) < 4.78 is 6.05. The molecule has 39 heavy (non-hydrogen) atoms. The summed E-state index contributed by atoms with van der Waals surface area (Å²) in [7, 11) is 0. The monoisotopic (exact) mass is 531 g/mol. The van der Waals surface area contributed by atoms with E-state index >= 15 is 0 Å². The highest BCUT2D eigenvalue weighted by molar-refractivity contribution is 5.95. The highest BCUT2D eigenvalue weighted by Gasteiger charge is 2.40. The number of nitrogens with zero attached hydrogens (tertiary/aromatic N) is 2. The molecular formula is C30H37N5O4. The first-order chi connectivity index (χ1) is 18.9. The minimum atomic E-state index is -0.741. The van der Waals surface area contributed by atoms with Crippen molar-refractivity contribution in [3.05, 3.63) is 71.4 Å². The van der Waals surface area contributed by atoms with Crippen LogP contribution in [0.4, 0.5) is 0 Å². The van der Waals surface area contributed by atoms with Crippen molar-refractivity contribution in [3.8, 4) is 5.75 Å². The van der Waals surface area contributed by atoms with Crippen molar-refractivity contribution >= 4 is 22.7 Å². The van der Waals surface area contributed by atoms with E-state index in [1.165, 1.54) is 12.8 Å². The van der Waals surface area contributed by atoms with Gasteiger partial charge in [-0.2, -0.15) is 0 Å². The molecule has 4 N–H and O–H groups in total. The lowest BCUT2D eigenvalue weighted by molar-refractivity contribution is -0.131. The highest BCUT2D eigenvalue weighted by atomic mass is 16.5. The average molecular weight is 532 g/mol. The number of hydrogen-bond acceptors (Lipinski definition) is 7. The molecule has 2 amide bonds. The van der Waals surface area contributed by atoms with Gasteiger partial charge >= 0.3 is 0 Å². The van der Waals surface area contributed by atoms with Crippen molar-refractivity contribution in [2.45, 2.75) is 57.2 Å². The summed E-state index contributed by atoms with van der Waals surface area (Å²) in [5, 5.41) is 17.0. The maximum atomic E-state index is 13.3. The van der Waals surface area contributed by atoms with Gasteiger partial charge in [0.05, 0.1) is 17.5 Å². The van der Waals surface area contributed by atoms with Gasteiger partial charge in [0.2, 0.25) is 5.91 Å². The Bertz CT molecular complexity index is 1310. The van der Waals surface area contributed by atoms with Crippen LogP contribution in [0.3, 0.4) is 0 Å². The lowest BCUT2D eigenvalue weighted by Crippen LogP contribution is -2.60. The van der Waals surface area contributed by atoms with Gasteiger partial charge in [-0.1, -0.05) is 18.2 Å². The summed E-state index contributed by atoms with van der Waals surface area (Å²) in [4.78, 5) is 32.6. The standard InChI is InChI=1S/C30H37N5O4/c1-21-16-23(26-6-2-3-7-27(26)32-21)20-39-25-10-8-22(9-11-25)29(37)33-30(18-28(36)34-38)12-13-31-24(17-30)19-35-14-4-5-15-35/h2-3,6-11,16,24,31,38H,4-5,12-15,17-20H2,1H3,(H,33,37)(H,34,36)/t24-,30?/m1/s1. The normalized spacial score (nSPS) is 21.5. The quantitative estimate of drug-likeness (QED) is 0.247. The molecule has 2 aliphatic rings. The van der Waals surface area contributed by atoms with Crippen LogP contribution in [-0.4, -0.2) is 64.7 Å². The van der Waals surface area contributed by atoms with Gasteiger partial charge in [-0.25, -0.2) is 5.48 Å². The number of hydrogen-bond donors (Lipinski definition) is 4. The van der Waals surface area contributed by atoms with Crippen LogP contribution in [0.1, 0.15) is 53.7 Å². The highest BCUT2D eigenvalue weighted by Crippen LogP contribution is 2.28. The Morgan fingerprint density at radius 2 is 1.92 bits per heavy atom. The second kappa shape index (κ2) is 12.1. The van der Waals surface area contributed by atoms with Crippen molar-refractivity contribution in [3.63, 3.8) is 0 Å². The number of carbonyl (C=O) groups is 2. The van der Waals surface area contributed by atoms with Gasteiger partial charge in [-0.05, 0) is 88.6 Å². The Labute approximate surface area is 228 Å². The average Bonchev–Trinajstić information content (AvgIpc) is 3.45. The molecule has 0 bridgehead atoms. The van der Waals surface area contributed by atoms with E-state index in [0.29, 0.717) is 37.3 Å². The fourth-order valence-corrected chi connectivity index (χ4v) is 5.92. The number of aryl methyl sites for hydroxylation is 1. The smallest absolute Gasteiger partial charge is 0.251 e. The molecule has 2 aromatic carbocycles. The topological polar surface area (TPSA) is 116 Å². The summed E-state index contributed by atoms with van der Waals surface area (Å²) in [6.45, 7) is 6.10. The third kappa shape index (κ3) is 6.73. The number of benzene rings is 2. The third-order valence-electron chi connectivity index (χ3n) is 7.79. The summed E-state index contributed by atoms with van der Waals surface area (Å²) >= 11 is 0. The molecule has 9 nitrogen and oxygen atoms in total. The van der Waals surface area contributed by atoms with Crippen LogP contribution in [0.5, 0.6) is 5.75 Å². The van der Waals surface area contributed by atoms with Crippen LogP contribution >= 0.6 is 0 Å². The molecule has 0 saturated carbocycles. The molecule has 0 spiro atoms. The van der Waals surface area contributed by atoms with E-state index in [1.807, 2.05) is 37.3 Å². The fraction of sp³-hybridized carbons (Fsp3) is 0.433. The molecule has 1 unspecified atom stereocenters. The van der Waals surface area contributed by atoms with E-state index in [2.05, 4.69) is 20.5 Å². The second-order valence-electron chi connectivity index (χ2n) is 10.8. The molecule has 5 rings (SSSR count). The number of fused-ring (bicyclic) bond motifs is 1. The van der Waals surface area contributed by atoms with Crippen molar-refractivity contribution in [2.75, 3.05) is 26.2 Å². The lowest BCUT2D eigenvalue weighted by Gasteiger charge is -2.42. The number of amides is 2. The first-order valence-corrected chi connectivity index (χ1v) is 13.7. The van der Waals surface area contributed by atoms with Crippen LogP contribution in [0.25, 0.3) is 10.9 Å². The zero-order valence-corrected chi connectivity index (χ0v) is 22.4.